The fourth-order valence-corrected chi connectivity index (χ4v) is 2.83. The quantitative estimate of drug-likeness (QED) is 0.780. The van der Waals surface area contributed by atoms with Gasteiger partial charge in [-0.2, -0.15) is 0 Å². The Hall–Kier alpha value is -1.35. The van der Waals surface area contributed by atoms with Crippen LogP contribution in [0.3, 0.4) is 0 Å². The van der Waals surface area contributed by atoms with Crippen LogP contribution in [-0.4, -0.2) is 17.2 Å². The third-order valence-electron chi connectivity index (χ3n) is 3.72. The number of nitrogens with zero attached hydrogens (tertiary/aromatic N) is 1. The van der Waals surface area contributed by atoms with Crippen LogP contribution in [0.25, 0.3) is 10.9 Å². The van der Waals surface area contributed by atoms with Crippen molar-refractivity contribution in [1.29, 1.82) is 0 Å². The van der Waals surface area contributed by atoms with E-state index in [9.17, 15) is 4.39 Å². The number of pyridine rings is 1. The molecule has 4 heteroatoms. The smallest absolute Gasteiger partial charge is 0.100 e. The van der Waals surface area contributed by atoms with Gasteiger partial charge in [-0.3, -0.25) is 4.98 Å². The summed E-state index contributed by atoms with van der Waals surface area (Å²) in [5.74, 6) is 0. The average Bonchev–Trinajstić information content (AvgIpc) is 2.51. The average molecular weight is 309 g/mol. The van der Waals surface area contributed by atoms with Crippen LogP contribution in [0.15, 0.2) is 30.5 Å². The van der Waals surface area contributed by atoms with Gasteiger partial charge in [0, 0.05) is 28.3 Å². The number of hydrogen-bond donors (Lipinski definition) is 1. The van der Waals surface area contributed by atoms with Crippen LogP contribution in [0.4, 0.5) is 10.1 Å². The van der Waals surface area contributed by atoms with E-state index in [1.165, 1.54) is 0 Å². The van der Waals surface area contributed by atoms with Crippen molar-refractivity contribution in [3.05, 3.63) is 35.5 Å². The summed E-state index contributed by atoms with van der Waals surface area (Å²) < 4.78 is 13.1. The maximum atomic E-state index is 13.1. The minimum absolute atomic E-state index is 0.355. The molecule has 2 nitrogen and oxygen atoms in total. The first-order chi connectivity index (χ1) is 10.2. The lowest BCUT2D eigenvalue weighted by molar-refractivity contribution is 0.242. The standard InChI is InChI=1S/C15H16ClFN2.C2H6/c16-10-1-6-13-14(7-8-18-15(13)9-10)19-12-4-2-11(17)3-5-12;1-2/h1,6-9,11-12H,2-5H2,(H,18,19);1-2H3. The van der Waals surface area contributed by atoms with Crippen molar-refractivity contribution in [2.24, 2.45) is 0 Å². The third-order valence-corrected chi connectivity index (χ3v) is 3.96. The molecule has 1 aliphatic rings. The van der Waals surface area contributed by atoms with Gasteiger partial charge in [-0.1, -0.05) is 25.4 Å². The molecule has 0 unspecified atom stereocenters. The van der Waals surface area contributed by atoms with Crippen LogP contribution in [0.2, 0.25) is 5.02 Å². The number of rotatable bonds is 2. The van der Waals surface area contributed by atoms with Crippen LogP contribution < -0.4 is 5.32 Å². The zero-order valence-electron chi connectivity index (χ0n) is 12.6. The molecule has 0 spiro atoms. The fourth-order valence-electron chi connectivity index (χ4n) is 2.66. The lowest BCUT2D eigenvalue weighted by Gasteiger charge is -2.26. The molecule has 0 radical (unpaired) electrons. The molecule has 1 fully saturated rings. The highest BCUT2D eigenvalue weighted by molar-refractivity contribution is 6.31. The lowest BCUT2D eigenvalue weighted by atomic mass is 9.93. The molecule has 0 saturated heterocycles. The Bertz CT molecular complexity index is 580. The lowest BCUT2D eigenvalue weighted by Crippen LogP contribution is -2.26. The van der Waals surface area contributed by atoms with E-state index in [1.54, 1.807) is 6.20 Å². The minimum atomic E-state index is -0.619. The number of aromatic nitrogens is 1. The summed E-state index contributed by atoms with van der Waals surface area (Å²) in [6.07, 6.45) is 4.25. The Morgan fingerprint density at radius 1 is 1.14 bits per heavy atom. The van der Waals surface area contributed by atoms with Gasteiger partial charge in [0.15, 0.2) is 0 Å². The molecule has 0 aliphatic heterocycles. The SMILES string of the molecule is CC.FC1CCC(Nc2ccnc3cc(Cl)ccc23)CC1. The maximum Gasteiger partial charge on any atom is 0.100 e. The second-order valence-electron chi connectivity index (χ2n) is 5.11. The van der Waals surface area contributed by atoms with E-state index >= 15 is 0 Å². The Kier molecular flexibility index (Phi) is 5.80. The first-order valence-electron chi connectivity index (χ1n) is 7.67. The number of benzene rings is 1. The van der Waals surface area contributed by atoms with E-state index in [-0.39, 0.29) is 0 Å². The fraction of sp³-hybridized carbons (Fsp3) is 0.471. The monoisotopic (exact) mass is 308 g/mol. The highest BCUT2D eigenvalue weighted by atomic mass is 35.5. The van der Waals surface area contributed by atoms with Crippen LogP contribution >= 0.6 is 11.6 Å². The van der Waals surface area contributed by atoms with E-state index in [1.807, 2.05) is 38.1 Å². The zero-order valence-corrected chi connectivity index (χ0v) is 13.3. The third kappa shape index (κ3) is 4.07. The predicted molar refractivity (Wildman–Crippen MR) is 88.9 cm³/mol. The highest BCUT2D eigenvalue weighted by Crippen LogP contribution is 2.28. The zero-order chi connectivity index (χ0) is 15.2. The molecule has 1 saturated carbocycles. The second-order valence-corrected chi connectivity index (χ2v) is 5.55. The van der Waals surface area contributed by atoms with Gasteiger partial charge in [0.25, 0.3) is 0 Å². The van der Waals surface area contributed by atoms with Crippen LogP contribution in [-0.2, 0) is 0 Å². The minimum Gasteiger partial charge on any atom is -0.382 e. The number of nitrogens with one attached hydrogen (secondary N) is 1. The Morgan fingerprint density at radius 2 is 1.86 bits per heavy atom. The largest absolute Gasteiger partial charge is 0.382 e. The molecule has 0 atom stereocenters. The number of hydrogen-bond acceptors (Lipinski definition) is 2. The summed E-state index contributed by atoms with van der Waals surface area (Å²) in [5, 5.41) is 5.27. The van der Waals surface area contributed by atoms with Crippen molar-refractivity contribution in [2.45, 2.75) is 51.7 Å². The van der Waals surface area contributed by atoms with Crippen molar-refractivity contribution in [2.75, 3.05) is 5.32 Å². The molecule has 3 rings (SSSR count). The molecule has 0 amide bonds. The molecule has 1 aromatic carbocycles. The highest BCUT2D eigenvalue weighted by Gasteiger charge is 2.20. The molecule has 1 N–H and O–H groups in total. The van der Waals surface area contributed by atoms with Crippen LogP contribution in [0.1, 0.15) is 39.5 Å². The van der Waals surface area contributed by atoms with Crippen molar-refractivity contribution >= 4 is 28.2 Å². The summed E-state index contributed by atoms with van der Waals surface area (Å²) in [4.78, 5) is 4.32. The topological polar surface area (TPSA) is 24.9 Å². The first-order valence-corrected chi connectivity index (χ1v) is 8.05. The van der Waals surface area contributed by atoms with E-state index in [0.717, 1.165) is 29.4 Å². The molecule has 1 aliphatic carbocycles. The van der Waals surface area contributed by atoms with E-state index in [2.05, 4.69) is 10.3 Å². The number of fused-ring (bicyclic) bond motifs is 1. The molecule has 114 valence electrons. The molecular formula is C17H22ClFN2. The summed E-state index contributed by atoms with van der Waals surface area (Å²) in [5.41, 5.74) is 1.95. The molecule has 2 aromatic rings. The number of anilines is 1. The second kappa shape index (κ2) is 7.60. The summed E-state index contributed by atoms with van der Waals surface area (Å²) in [6.45, 7) is 4.00. The van der Waals surface area contributed by atoms with Gasteiger partial charge in [-0.15, -0.1) is 0 Å². The Morgan fingerprint density at radius 3 is 2.57 bits per heavy atom. The van der Waals surface area contributed by atoms with Crippen molar-refractivity contribution in [3.63, 3.8) is 0 Å². The van der Waals surface area contributed by atoms with E-state index in [4.69, 9.17) is 11.6 Å². The van der Waals surface area contributed by atoms with Gasteiger partial charge < -0.3 is 5.32 Å². The summed E-state index contributed by atoms with van der Waals surface area (Å²) >= 11 is 5.98. The maximum absolute atomic E-state index is 13.1. The van der Waals surface area contributed by atoms with E-state index < -0.39 is 6.17 Å². The number of alkyl halides is 1. The van der Waals surface area contributed by atoms with Crippen LogP contribution in [0.5, 0.6) is 0 Å². The Labute approximate surface area is 130 Å². The van der Waals surface area contributed by atoms with Gasteiger partial charge in [0.2, 0.25) is 0 Å². The van der Waals surface area contributed by atoms with Crippen molar-refractivity contribution < 1.29 is 4.39 Å². The normalized spacial score (nSPS) is 21.5. The van der Waals surface area contributed by atoms with Gasteiger partial charge in [0.1, 0.15) is 6.17 Å². The van der Waals surface area contributed by atoms with Crippen molar-refractivity contribution in [1.82, 2.24) is 4.98 Å². The number of halogens is 2. The van der Waals surface area contributed by atoms with Gasteiger partial charge in [0.05, 0.1) is 5.52 Å². The summed E-state index contributed by atoms with van der Waals surface area (Å²) in [6, 6.07) is 8.04. The van der Waals surface area contributed by atoms with E-state index in [0.29, 0.717) is 23.9 Å². The predicted octanol–water partition coefficient (Wildman–Crippen LogP) is 5.61. The molecule has 21 heavy (non-hydrogen) atoms. The Balaban J connectivity index is 0.000000774. The molecule has 1 aromatic heterocycles. The molecule has 1 heterocycles. The summed E-state index contributed by atoms with van der Waals surface area (Å²) in [7, 11) is 0. The van der Waals surface area contributed by atoms with Crippen molar-refractivity contribution in [3.8, 4) is 0 Å². The van der Waals surface area contributed by atoms with Gasteiger partial charge in [-0.25, -0.2) is 4.39 Å². The molecule has 0 bridgehead atoms. The molecular weight excluding hydrogens is 287 g/mol. The first kappa shape index (κ1) is 16.0. The van der Waals surface area contributed by atoms with Gasteiger partial charge >= 0.3 is 0 Å². The van der Waals surface area contributed by atoms with Gasteiger partial charge in [-0.05, 0) is 49.9 Å². The van der Waals surface area contributed by atoms with Crippen LogP contribution in [0, 0.1) is 0 Å².